The van der Waals surface area contributed by atoms with Crippen molar-refractivity contribution in [2.45, 2.75) is 30.3 Å². The highest BCUT2D eigenvalue weighted by Gasteiger charge is 2.42. The van der Waals surface area contributed by atoms with E-state index < -0.39 is 16.5 Å². The Bertz CT molecular complexity index is 1370. The van der Waals surface area contributed by atoms with Crippen molar-refractivity contribution in [1.82, 2.24) is 10.3 Å². The molecule has 1 aliphatic carbocycles. The predicted molar refractivity (Wildman–Crippen MR) is 154 cm³/mol. The maximum Gasteiger partial charge on any atom is 0.416 e. The van der Waals surface area contributed by atoms with Crippen molar-refractivity contribution in [3.63, 3.8) is 0 Å². The average Bonchev–Trinajstić information content (AvgIpc) is 3.08. The van der Waals surface area contributed by atoms with Gasteiger partial charge in [-0.25, -0.2) is 0 Å². The number of halogens is 3. The number of hydrogen-bond acceptors (Lipinski definition) is 4. The third-order valence-electron chi connectivity index (χ3n) is 7.30. The summed E-state index contributed by atoms with van der Waals surface area (Å²) in [5.41, 5.74) is 7.08. The second kappa shape index (κ2) is 11.4. The standard InChI is InChI=1S/C32H32F3N3S/c1-38(2)28-17-18-37-27(21-28)22-36-19-20-39-31(25-13-15-26(16-14-25)32(33,34)35)29-9-5-3-7-23(29)11-12-24-8-4-6-10-30(24)31/h3-10,13-18,21,36H,11-12,19-20,22H2,1-2H3. The molecule has 7 heteroatoms. The lowest BCUT2D eigenvalue weighted by Gasteiger charge is -2.37. The van der Waals surface area contributed by atoms with E-state index in [2.05, 4.69) is 45.5 Å². The minimum atomic E-state index is -4.38. The summed E-state index contributed by atoms with van der Waals surface area (Å²) in [5, 5.41) is 3.52. The summed E-state index contributed by atoms with van der Waals surface area (Å²) >= 11 is 1.78. The molecular weight excluding hydrogens is 515 g/mol. The molecule has 1 heterocycles. The first-order valence-corrected chi connectivity index (χ1v) is 14.1. The maximum absolute atomic E-state index is 13.5. The Kier molecular flexibility index (Phi) is 8.01. The predicted octanol–water partition coefficient (Wildman–Crippen LogP) is 7.08. The summed E-state index contributed by atoms with van der Waals surface area (Å²) in [6.45, 7) is 1.37. The van der Waals surface area contributed by atoms with Gasteiger partial charge < -0.3 is 10.2 Å². The number of benzene rings is 3. The minimum absolute atomic E-state index is 0.626. The maximum atomic E-state index is 13.5. The molecule has 0 unspecified atom stereocenters. The number of aromatic nitrogens is 1. The van der Waals surface area contributed by atoms with Crippen LogP contribution in [0, 0.1) is 0 Å². The van der Waals surface area contributed by atoms with Crippen LogP contribution in [0.25, 0.3) is 0 Å². The first-order valence-electron chi connectivity index (χ1n) is 13.1. The van der Waals surface area contributed by atoms with Gasteiger partial charge in [0.05, 0.1) is 16.0 Å². The summed E-state index contributed by atoms with van der Waals surface area (Å²) in [6.07, 6.45) is -0.773. The molecule has 0 fully saturated rings. The van der Waals surface area contributed by atoms with Gasteiger partial charge in [-0.3, -0.25) is 4.98 Å². The van der Waals surface area contributed by atoms with E-state index in [-0.39, 0.29) is 0 Å². The Morgan fingerprint density at radius 2 is 1.49 bits per heavy atom. The molecule has 3 aromatic carbocycles. The highest BCUT2D eigenvalue weighted by molar-refractivity contribution is 8.00. The van der Waals surface area contributed by atoms with Gasteiger partial charge in [-0.2, -0.15) is 13.2 Å². The second-order valence-corrected chi connectivity index (χ2v) is 11.3. The van der Waals surface area contributed by atoms with Crippen molar-refractivity contribution >= 4 is 17.4 Å². The number of thioether (sulfide) groups is 1. The van der Waals surface area contributed by atoms with Crippen LogP contribution in [0.2, 0.25) is 0 Å². The van der Waals surface area contributed by atoms with E-state index in [1.54, 1.807) is 23.9 Å². The fraction of sp³-hybridized carbons (Fsp3) is 0.281. The molecule has 0 saturated heterocycles. The van der Waals surface area contributed by atoms with Crippen LogP contribution in [-0.4, -0.2) is 31.4 Å². The van der Waals surface area contributed by atoms with Crippen LogP contribution in [0.4, 0.5) is 18.9 Å². The van der Waals surface area contributed by atoms with Crippen LogP contribution < -0.4 is 10.2 Å². The van der Waals surface area contributed by atoms with E-state index >= 15 is 0 Å². The zero-order valence-corrected chi connectivity index (χ0v) is 22.9. The smallest absolute Gasteiger partial charge is 0.378 e. The molecule has 0 aliphatic heterocycles. The van der Waals surface area contributed by atoms with Crippen molar-refractivity contribution in [2.24, 2.45) is 0 Å². The number of nitrogens with one attached hydrogen (secondary N) is 1. The van der Waals surface area contributed by atoms with E-state index in [0.717, 1.165) is 53.2 Å². The van der Waals surface area contributed by atoms with Gasteiger partial charge in [0.1, 0.15) is 0 Å². The van der Waals surface area contributed by atoms with Crippen molar-refractivity contribution in [2.75, 3.05) is 31.3 Å². The molecule has 4 aromatic rings. The molecule has 1 aliphatic rings. The fourth-order valence-electron chi connectivity index (χ4n) is 5.35. The zero-order valence-electron chi connectivity index (χ0n) is 22.1. The molecule has 5 rings (SSSR count). The molecule has 1 aromatic heterocycles. The number of aryl methyl sites for hydroxylation is 2. The zero-order chi connectivity index (χ0) is 27.5. The van der Waals surface area contributed by atoms with Crippen LogP contribution in [0.15, 0.2) is 91.1 Å². The van der Waals surface area contributed by atoms with Gasteiger partial charge in [0.25, 0.3) is 0 Å². The highest BCUT2D eigenvalue weighted by Crippen LogP contribution is 2.52. The van der Waals surface area contributed by atoms with Crippen LogP contribution in [0.3, 0.4) is 0 Å². The third kappa shape index (κ3) is 5.70. The lowest BCUT2D eigenvalue weighted by atomic mass is 9.81. The van der Waals surface area contributed by atoms with Crippen LogP contribution >= 0.6 is 11.8 Å². The van der Waals surface area contributed by atoms with Crippen molar-refractivity contribution < 1.29 is 13.2 Å². The topological polar surface area (TPSA) is 28.2 Å². The van der Waals surface area contributed by atoms with Crippen LogP contribution in [0.5, 0.6) is 0 Å². The fourth-order valence-corrected chi connectivity index (χ4v) is 6.92. The molecule has 39 heavy (non-hydrogen) atoms. The van der Waals surface area contributed by atoms with E-state index in [1.807, 2.05) is 50.6 Å². The number of fused-ring (bicyclic) bond motifs is 2. The first-order chi connectivity index (χ1) is 18.8. The summed E-state index contributed by atoms with van der Waals surface area (Å²) in [4.78, 5) is 6.53. The number of pyridine rings is 1. The Hall–Kier alpha value is -3.29. The highest BCUT2D eigenvalue weighted by atomic mass is 32.2. The number of anilines is 1. The van der Waals surface area contributed by atoms with E-state index in [0.29, 0.717) is 6.54 Å². The van der Waals surface area contributed by atoms with Gasteiger partial charge in [-0.15, -0.1) is 11.8 Å². The summed E-state index contributed by atoms with van der Waals surface area (Å²) in [5.74, 6) is 0.761. The lowest BCUT2D eigenvalue weighted by Crippen LogP contribution is -2.29. The number of alkyl halides is 3. The summed E-state index contributed by atoms with van der Waals surface area (Å²) < 4.78 is 39.8. The average molecular weight is 548 g/mol. The van der Waals surface area contributed by atoms with Crippen LogP contribution in [0.1, 0.15) is 39.1 Å². The number of nitrogens with zero attached hydrogens (tertiary/aromatic N) is 2. The van der Waals surface area contributed by atoms with E-state index in [9.17, 15) is 13.2 Å². The van der Waals surface area contributed by atoms with Crippen molar-refractivity contribution in [3.05, 3.63) is 130 Å². The number of rotatable bonds is 8. The Balaban J connectivity index is 1.49. The van der Waals surface area contributed by atoms with Gasteiger partial charge in [0, 0.05) is 44.8 Å². The molecule has 0 saturated carbocycles. The van der Waals surface area contributed by atoms with E-state index in [1.165, 1.54) is 23.3 Å². The van der Waals surface area contributed by atoms with Gasteiger partial charge in [-0.05, 0) is 64.9 Å². The minimum Gasteiger partial charge on any atom is -0.378 e. The Morgan fingerprint density at radius 3 is 2.08 bits per heavy atom. The quantitative estimate of drug-likeness (QED) is 0.239. The SMILES string of the molecule is CN(C)c1ccnc(CNCCSC2(c3ccc(C(F)(F)F)cc3)c3ccccc3CCc3ccccc32)c1. The lowest BCUT2D eigenvalue weighted by molar-refractivity contribution is -0.137. The van der Waals surface area contributed by atoms with E-state index in [4.69, 9.17) is 0 Å². The Morgan fingerprint density at radius 1 is 0.872 bits per heavy atom. The monoisotopic (exact) mass is 547 g/mol. The van der Waals surface area contributed by atoms with Gasteiger partial charge >= 0.3 is 6.18 Å². The Labute approximate surface area is 232 Å². The van der Waals surface area contributed by atoms with Gasteiger partial charge in [-0.1, -0.05) is 60.7 Å². The van der Waals surface area contributed by atoms with Crippen molar-refractivity contribution in [3.8, 4) is 0 Å². The number of hydrogen-bond donors (Lipinski definition) is 1. The third-order valence-corrected chi connectivity index (χ3v) is 8.81. The molecule has 0 spiro atoms. The van der Waals surface area contributed by atoms with Crippen molar-refractivity contribution in [1.29, 1.82) is 0 Å². The first kappa shape index (κ1) is 27.3. The molecule has 0 bridgehead atoms. The normalized spacial score (nSPS) is 14.3. The molecule has 0 radical (unpaired) electrons. The van der Waals surface area contributed by atoms with Gasteiger partial charge in [0.15, 0.2) is 0 Å². The molecule has 0 amide bonds. The molecule has 3 nitrogen and oxygen atoms in total. The molecule has 202 valence electrons. The second-order valence-electron chi connectivity index (χ2n) is 10.00. The van der Waals surface area contributed by atoms with Crippen LogP contribution in [-0.2, 0) is 30.3 Å². The molecule has 0 atom stereocenters. The van der Waals surface area contributed by atoms with Gasteiger partial charge in [0.2, 0.25) is 0 Å². The largest absolute Gasteiger partial charge is 0.416 e. The summed E-state index contributed by atoms with van der Waals surface area (Å²) in [6, 6.07) is 26.6. The molecular formula is C32H32F3N3S. The summed E-state index contributed by atoms with van der Waals surface area (Å²) in [7, 11) is 4.01. The molecule has 1 N–H and O–H groups in total.